The van der Waals surface area contributed by atoms with Crippen molar-refractivity contribution in [2.45, 2.75) is 19.4 Å². The summed E-state index contributed by atoms with van der Waals surface area (Å²) in [6.07, 6.45) is 1.17. The third-order valence-electron chi connectivity index (χ3n) is 3.04. The largest absolute Gasteiger partial charge is 0.481 e. The van der Waals surface area contributed by atoms with Gasteiger partial charge in [-0.15, -0.1) is 0 Å². The number of carbonyl (C=O) groups is 2. The number of nitrogens with one attached hydrogen (secondary N) is 2. The van der Waals surface area contributed by atoms with Gasteiger partial charge in [0, 0.05) is 18.5 Å². The van der Waals surface area contributed by atoms with Crippen molar-refractivity contribution in [1.82, 2.24) is 4.98 Å². The van der Waals surface area contributed by atoms with Gasteiger partial charge in [0.05, 0.1) is 18.3 Å². The molecule has 3 N–H and O–H groups in total. The van der Waals surface area contributed by atoms with Gasteiger partial charge in [0.15, 0.2) is 0 Å². The molecule has 6 nitrogen and oxygen atoms in total. The van der Waals surface area contributed by atoms with Gasteiger partial charge in [0.1, 0.15) is 11.6 Å². The smallest absolute Gasteiger partial charge is 0.303 e. The lowest BCUT2D eigenvalue weighted by Crippen LogP contribution is -2.14. The van der Waals surface area contributed by atoms with Crippen LogP contribution in [0.2, 0.25) is 0 Å². The number of rotatable bonds is 7. The standard InChI is InChI=1S/C16H16FN3O3/c17-13-4-2-1-3-11(13)9-18-12-5-6-14(19-10-12)20-15(21)7-8-16(22)23/h1-6,10,18H,7-9H2,(H,22,23)(H,19,20,21). The van der Waals surface area contributed by atoms with E-state index in [1.54, 1.807) is 30.3 Å². The number of aliphatic carboxylic acids is 1. The highest BCUT2D eigenvalue weighted by molar-refractivity contribution is 5.91. The first-order valence-electron chi connectivity index (χ1n) is 6.99. The van der Waals surface area contributed by atoms with Crippen molar-refractivity contribution in [3.05, 3.63) is 54.0 Å². The predicted octanol–water partition coefficient (Wildman–Crippen LogP) is 2.64. The zero-order valence-corrected chi connectivity index (χ0v) is 12.3. The molecular formula is C16H16FN3O3. The maximum atomic E-state index is 13.5. The number of pyridine rings is 1. The number of halogens is 1. The Hall–Kier alpha value is -2.96. The number of benzene rings is 1. The molecular weight excluding hydrogens is 301 g/mol. The maximum absolute atomic E-state index is 13.5. The highest BCUT2D eigenvalue weighted by atomic mass is 19.1. The minimum Gasteiger partial charge on any atom is -0.481 e. The highest BCUT2D eigenvalue weighted by Crippen LogP contribution is 2.13. The van der Waals surface area contributed by atoms with Crippen molar-refractivity contribution in [1.29, 1.82) is 0 Å². The van der Waals surface area contributed by atoms with Gasteiger partial charge in [-0.25, -0.2) is 9.37 Å². The molecule has 1 aromatic heterocycles. The number of aromatic nitrogens is 1. The van der Waals surface area contributed by atoms with Gasteiger partial charge in [0.25, 0.3) is 0 Å². The molecule has 0 saturated carbocycles. The molecule has 1 heterocycles. The molecule has 2 aromatic rings. The summed E-state index contributed by atoms with van der Waals surface area (Å²) in [7, 11) is 0. The maximum Gasteiger partial charge on any atom is 0.303 e. The first kappa shape index (κ1) is 16.4. The molecule has 0 spiro atoms. The molecule has 7 heteroatoms. The normalized spacial score (nSPS) is 10.1. The molecule has 0 aliphatic heterocycles. The average Bonchev–Trinajstić information content (AvgIpc) is 2.53. The molecule has 0 unspecified atom stereocenters. The minimum absolute atomic E-state index is 0.107. The Labute approximate surface area is 132 Å². The summed E-state index contributed by atoms with van der Waals surface area (Å²) in [4.78, 5) is 25.9. The van der Waals surface area contributed by atoms with Crippen molar-refractivity contribution in [3.63, 3.8) is 0 Å². The van der Waals surface area contributed by atoms with Crippen LogP contribution < -0.4 is 10.6 Å². The molecule has 0 atom stereocenters. The summed E-state index contributed by atoms with van der Waals surface area (Å²) in [5.74, 6) is -1.39. The van der Waals surface area contributed by atoms with Crippen LogP contribution in [0.1, 0.15) is 18.4 Å². The summed E-state index contributed by atoms with van der Waals surface area (Å²) < 4.78 is 13.5. The molecule has 0 aliphatic rings. The third kappa shape index (κ3) is 5.39. The van der Waals surface area contributed by atoms with E-state index in [4.69, 9.17) is 5.11 Å². The van der Waals surface area contributed by atoms with Crippen LogP contribution in [0.15, 0.2) is 42.6 Å². The van der Waals surface area contributed by atoms with E-state index >= 15 is 0 Å². The molecule has 120 valence electrons. The third-order valence-corrected chi connectivity index (χ3v) is 3.04. The van der Waals surface area contributed by atoms with Crippen molar-refractivity contribution < 1.29 is 19.1 Å². The topological polar surface area (TPSA) is 91.3 Å². The fraction of sp³-hybridized carbons (Fsp3) is 0.188. The van der Waals surface area contributed by atoms with Gasteiger partial charge in [-0.3, -0.25) is 9.59 Å². The van der Waals surface area contributed by atoms with Crippen LogP contribution in [-0.4, -0.2) is 22.0 Å². The van der Waals surface area contributed by atoms with Gasteiger partial charge >= 0.3 is 5.97 Å². The van der Waals surface area contributed by atoms with Crippen molar-refractivity contribution in [2.75, 3.05) is 10.6 Å². The minimum atomic E-state index is -1.03. The second-order valence-corrected chi connectivity index (χ2v) is 4.82. The van der Waals surface area contributed by atoms with E-state index in [1.807, 2.05) is 0 Å². The van der Waals surface area contributed by atoms with E-state index in [9.17, 15) is 14.0 Å². The van der Waals surface area contributed by atoms with Gasteiger partial charge in [-0.1, -0.05) is 18.2 Å². The molecule has 0 radical (unpaired) electrons. The Morgan fingerprint density at radius 1 is 1.13 bits per heavy atom. The van der Waals surface area contributed by atoms with Crippen LogP contribution in [0.25, 0.3) is 0 Å². The van der Waals surface area contributed by atoms with Crippen LogP contribution in [-0.2, 0) is 16.1 Å². The average molecular weight is 317 g/mol. The number of carbonyl (C=O) groups excluding carboxylic acids is 1. The summed E-state index contributed by atoms with van der Waals surface area (Å²) in [6, 6.07) is 9.75. The Balaban J connectivity index is 1.86. The number of carboxylic acids is 1. The molecule has 0 bridgehead atoms. The van der Waals surface area contributed by atoms with E-state index in [0.717, 1.165) is 0 Å². The van der Waals surface area contributed by atoms with Crippen molar-refractivity contribution >= 4 is 23.4 Å². The van der Waals surface area contributed by atoms with Gasteiger partial charge in [-0.05, 0) is 18.2 Å². The van der Waals surface area contributed by atoms with Crippen LogP contribution in [0.3, 0.4) is 0 Å². The zero-order chi connectivity index (χ0) is 16.7. The van der Waals surface area contributed by atoms with Gasteiger partial charge < -0.3 is 15.7 Å². The number of amides is 1. The quantitative estimate of drug-likeness (QED) is 0.730. The first-order valence-corrected chi connectivity index (χ1v) is 6.99. The molecule has 1 amide bonds. The van der Waals surface area contributed by atoms with Crippen LogP contribution in [0.5, 0.6) is 0 Å². The second-order valence-electron chi connectivity index (χ2n) is 4.82. The summed E-state index contributed by atoms with van der Waals surface area (Å²) in [5, 5.41) is 14.0. The molecule has 2 rings (SSSR count). The summed E-state index contributed by atoms with van der Waals surface area (Å²) >= 11 is 0. The molecule has 1 aromatic carbocycles. The Morgan fingerprint density at radius 3 is 2.57 bits per heavy atom. The molecule has 0 fully saturated rings. The van der Waals surface area contributed by atoms with Crippen LogP contribution in [0.4, 0.5) is 15.9 Å². The first-order chi connectivity index (χ1) is 11.0. The summed E-state index contributed by atoms with van der Waals surface area (Å²) in [5.41, 5.74) is 1.22. The van der Waals surface area contributed by atoms with E-state index in [-0.39, 0.29) is 18.7 Å². The fourth-order valence-electron chi connectivity index (χ4n) is 1.84. The van der Waals surface area contributed by atoms with Crippen LogP contribution >= 0.6 is 0 Å². The molecule has 0 saturated heterocycles. The number of anilines is 2. The molecule has 23 heavy (non-hydrogen) atoms. The Morgan fingerprint density at radius 2 is 1.91 bits per heavy atom. The second kappa shape index (κ2) is 7.88. The van der Waals surface area contributed by atoms with Crippen molar-refractivity contribution in [3.8, 4) is 0 Å². The summed E-state index contributed by atoms with van der Waals surface area (Å²) in [6.45, 7) is 0.318. The lowest BCUT2D eigenvalue weighted by Gasteiger charge is -2.08. The Kier molecular flexibility index (Phi) is 5.62. The fourth-order valence-corrected chi connectivity index (χ4v) is 1.84. The van der Waals surface area contributed by atoms with E-state index < -0.39 is 11.9 Å². The lowest BCUT2D eigenvalue weighted by atomic mass is 10.2. The highest BCUT2D eigenvalue weighted by Gasteiger charge is 2.06. The van der Waals surface area contributed by atoms with E-state index in [0.29, 0.717) is 23.6 Å². The van der Waals surface area contributed by atoms with E-state index in [2.05, 4.69) is 15.6 Å². The lowest BCUT2D eigenvalue weighted by molar-refractivity contribution is -0.138. The monoisotopic (exact) mass is 317 g/mol. The van der Waals surface area contributed by atoms with E-state index in [1.165, 1.54) is 12.3 Å². The number of nitrogens with zero attached hydrogens (tertiary/aromatic N) is 1. The van der Waals surface area contributed by atoms with Gasteiger partial charge in [0.2, 0.25) is 5.91 Å². The van der Waals surface area contributed by atoms with Crippen LogP contribution in [0, 0.1) is 5.82 Å². The number of carboxylic acid groups (broad SMARTS) is 1. The van der Waals surface area contributed by atoms with Crippen molar-refractivity contribution in [2.24, 2.45) is 0 Å². The number of hydrogen-bond donors (Lipinski definition) is 3. The SMILES string of the molecule is O=C(O)CCC(=O)Nc1ccc(NCc2ccccc2F)cn1. The number of hydrogen-bond acceptors (Lipinski definition) is 4. The Bertz CT molecular complexity index is 689. The predicted molar refractivity (Wildman–Crippen MR) is 83.5 cm³/mol. The molecule has 0 aliphatic carbocycles. The zero-order valence-electron chi connectivity index (χ0n) is 12.3. The van der Waals surface area contributed by atoms with Gasteiger partial charge in [-0.2, -0.15) is 0 Å².